The topological polar surface area (TPSA) is 39.1 Å². The van der Waals surface area contributed by atoms with Crippen LogP contribution in [-0.2, 0) is 0 Å². The van der Waals surface area contributed by atoms with Crippen LogP contribution in [0, 0.1) is 11.3 Å². The highest BCUT2D eigenvalue weighted by molar-refractivity contribution is 5.14. The summed E-state index contributed by atoms with van der Waals surface area (Å²) in [7, 11) is 0. The van der Waals surface area contributed by atoms with Crippen molar-refractivity contribution < 1.29 is 0 Å². The second-order valence-corrected chi connectivity index (χ2v) is 4.94. The Morgan fingerprint density at radius 2 is 2.21 bits per heavy atom. The first-order chi connectivity index (χ1) is 6.65. The molecule has 1 aliphatic carbocycles. The maximum atomic E-state index is 9.25. The van der Waals surface area contributed by atoms with E-state index in [4.69, 9.17) is 0 Å². The summed E-state index contributed by atoms with van der Waals surface area (Å²) in [5.74, 6) is 0. The molecule has 2 rings (SSSR count). The van der Waals surface area contributed by atoms with E-state index in [9.17, 15) is 5.26 Å². The molecule has 3 heteroatoms. The fourth-order valence-electron chi connectivity index (χ4n) is 2.38. The summed E-state index contributed by atoms with van der Waals surface area (Å²) in [6.45, 7) is 6.24. The van der Waals surface area contributed by atoms with Gasteiger partial charge in [0.1, 0.15) is 5.54 Å². The molecule has 1 atom stereocenters. The highest BCUT2D eigenvalue weighted by Gasteiger charge is 2.43. The quantitative estimate of drug-likeness (QED) is 0.730. The molecule has 0 spiro atoms. The van der Waals surface area contributed by atoms with Crippen molar-refractivity contribution in [1.82, 2.24) is 10.2 Å². The summed E-state index contributed by atoms with van der Waals surface area (Å²) in [6.07, 6.45) is 3.66. The van der Waals surface area contributed by atoms with Gasteiger partial charge >= 0.3 is 0 Å². The first-order valence-corrected chi connectivity index (χ1v) is 5.58. The molecule has 1 unspecified atom stereocenters. The lowest BCUT2D eigenvalue weighted by Gasteiger charge is -2.25. The van der Waals surface area contributed by atoms with Crippen LogP contribution in [0.3, 0.4) is 0 Å². The monoisotopic (exact) mass is 193 g/mol. The third-order valence-corrected chi connectivity index (χ3v) is 3.14. The first kappa shape index (κ1) is 9.95. The van der Waals surface area contributed by atoms with Gasteiger partial charge in [0.05, 0.1) is 6.07 Å². The molecule has 1 aliphatic heterocycles. The van der Waals surface area contributed by atoms with Gasteiger partial charge in [0, 0.05) is 25.2 Å². The molecule has 3 nitrogen and oxygen atoms in total. The van der Waals surface area contributed by atoms with Gasteiger partial charge in [0.15, 0.2) is 0 Å². The van der Waals surface area contributed by atoms with Gasteiger partial charge in [-0.1, -0.05) is 0 Å². The number of likely N-dealkylation sites (tertiary alicyclic amines) is 1. The largest absolute Gasteiger partial charge is 0.297 e. The van der Waals surface area contributed by atoms with Crippen molar-refractivity contribution in [3.8, 4) is 6.07 Å². The van der Waals surface area contributed by atoms with Gasteiger partial charge in [-0.15, -0.1) is 0 Å². The van der Waals surface area contributed by atoms with Gasteiger partial charge in [-0.25, -0.2) is 0 Å². The van der Waals surface area contributed by atoms with E-state index in [1.807, 2.05) is 0 Å². The van der Waals surface area contributed by atoms with E-state index in [0.29, 0.717) is 6.04 Å². The summed E-state index contributed by atoms with van der Waals surface area (Å²) in [5, 5.41) is 12.7. The third-order valence-electron chi connectivity index (χ3n) is 3.14. The molecule has 0 aromatic carbocycles. The van der Waals surface area contributed by atoms with Crippen molar-refractivity contribution >= 4 is 0 Å². The van der Waals surface area contributed by atoms with Gasteiger partial charge in [0.2, 0.25) is 0 Å². The molecule has 14 heavy (non-hydrogen) atoms. The molecule has 2 aliphatic rings. The van der Waals surface area contributed by atoms with E-state index >= 15 is 0 Å². The average molecular weight is 193 g/mol. The Kier molecular flexibility index (Phi) is 2.50. The molecular formula is C11H19N3. The van der Waals surface area contributed by atoms with Gasteiger partial charge in [0.25, 0.3) is 0 Å². The van der Waals surface area contributed by atoms with Crippen molar-refractivity contribution in [2.24, 2.45) is 0 Å². The van der Waals surface area contributed by atoms with Crippen molar-refractivity contribution in [2.45, 2.75) is 50.7 Å². The Morgan fingerprint density at radius 1 is 1.50 bits per heavy atom. The minimum atomic E-state index is -0.267. The second-order valence-electron chi connectivity index (χ2n) is 4.94. The molecular weight excluding hydrogens is 174 g/mol. The van der Waals surface area contributed by atoms with Crippen LogP contribution in [0.15, 0.2) is 0 Å². The van der Waals surface area contributed by atoms with Crippen LogP contribution >= 0.6 is 0 Å². The third kappa shape index (κ3) is 1.92. The van der Waals surface area contributed by atoms with Crippen molar-refractivity contribution in [1.29, 1.82) is 5.26 Å². The Morgan fingerprint density at radius 3 is 2.71 bits per heavy atom. The zero-order chi connectivity index (χ0) is 10.2. The molecule has 1 heterocycles. The smallest absolute Gasteiger partial charge is 0.120 e. The Hall–Kier alpha value is -0.590. The lowest BCUT2D eigenvalue weighted by Crippen LogP contribution is -2.49. The predicted octanol–water partition coefficient (Wildman–Crippen LogP) is 1.11. The van der Waals surface area contributed by atoms with Gasteiger partial charge in [-0.05, 0) is 33.1 Å². The highest BCUT2D eigenvalue weighted by atomic mass is 15.3. The lowest BCUT2D eigenvalue weighted by molar-refractivity contribution is 0.294. The summed E-state index contributed by atoms with van der Waals surface area (Å²) >= 11 is 0. The van der Waals surface area contributed by atoms with Gasteiger partial charge in [-0.2, -0.15) is 5.26 Å². The van der Waals surface area contributed by atoms with Crippen LogP contribution in [0.4, 0.5) is 0 Å². The Bertz CT molecular complexity index is 252. The number of nitriles is 1. The first-order valence-electron chi connectivity index (χ1n) is 5.58. The molecule has 0 bridgehead atoms. The molecule has 1 saturated carbocycles. The molecule has 1 saturated heterocycles. The fourth-order valence-corrected chi connectivity index (χ4v) is 2.38. The van der Waals surface area contributed by atoms with E-state index in [2.05, 4.69) is 30.1 Å². The SMILES string of the molecule is CC(C)NC1(C#N)CCN(C2CC2)C1. The molecule has 2 fully saturated rings. The molecule has 0 aromatic rings. The van der Waals surface area contributed by atoms with Crippen LogP contribution in [0.5, 0.6) is 0 Å². The van der Waals surface area contributed by atoms with Gasteiger partial charge < -0.3 is 0 Å². The fraction of sp³-hybridized carbons (Fsp3) is 0.909. The maximum Gasteiger partial charge on any atom is 0.120 e. The molecule has 0 radical (unpaired) electrons. The zero-order valence-corrected chi connectivity index (χ0v) is 9.08. The highest BCUT2D eigenvalue weighted by Crippen LogP contribution is 2.33. The molecule has 0 amide bonds. The van der Waals surface area contributed by atoms with Crippen molar-refractivity contribution in [3.63, 3.8) is 0 Å². The van der Waals surface area contributed by atoms with E-state index in [1.54, 1.807) is 0 Å². The number of hydrogen-bond donors (Lipinski definition) is 1. The van der Waals surface area contributed by atoms with E-state index in [1.165, 1.54) is 12.8 Å². The lowest BCUT2D eigenvalue weighted by atomic mass is 10.00. The second kappa shape index (κ2) is 3.52. The number of rotatable bonds is 3. The summed E-state index contributed by atoms with van der Waals surface area (Å²) < 4.78 is 0. The molecule has 0 aromatic heterocycles. The normalized spacial score (nSPS) is 33.6. The van der Waals surface area contributed by atoms with E-state index in [-0.39, 0.29) is 5.54 Å². The van der Waals surface area contributed by atoms with Crippen molar-refractivity contribution in [3.05, 3.63) is 0 Å². The summed E-state index contributed by atoms with van der Waals surface area (Å²) in [6, 6.07) is 3.66. The van der Waals surface area contributed by atoms with Crippen LogP contribution in [0.25, 0.3) is 0 Å². The van der Waals surface area contributed by atoms with E-state index in [0.717, 1.165) is 25.6 Å². The van der Waals surface area contributed by atoms with Gasteiger partial charge in [-0.3, -0.25) is 10.2 Å². The molecule has 78 valence electrons. The average Bonchev–Trinajstić information content (AvgIpc) is 2.89. The zero-order valence-electron chi connectivity index (χ0n) is 9.08. The van der Waals surface area contributed by atoms with Crippen LogP contribution in [0.2, 0.25) is 0 Å². The van der Waals surface area contributed by atoms with Crippen LogP contribution < -0.4 is 5.32 Å². The Balaban J connectivity index is 1.97. The number of hydrogen-bond acceptors (Lipinski definition) is 3. The van der Waals surface area contributed by atoms with Crippen LogP contribution in [-0.4, -0.2) is 35.6 Å². The minimum Gasteiger partial charge on any atom is -0.297 e. The van der Waals surface area contributed by atoms with Crippen LogP contribution in [0.1, 0.15) is 33.1 Å². The summed E-state index contributed by atoms with van der Waals surface area (Å²) in [4.78, 5) is 2.47. The van der Waals surface area contributed by atoms with Crippen molar-refractivity contribution in [2.75, 3.05) is 13.1 Å². The summed E-state index contributed by atoms with van der Waals surface area (Å²) in [5.41, 5.74) is -0.267. The minimum absolute atomic E-state index is 0.267. The number of nitrogens with one attached hydrogen (secondary N) is 1. The Labute approximate surface area is 86.1 Å². The standard InChI is InChI=1S/C11H19N3/c1-9(2)13-11(7-12)5-6-14(8-11)10-3-4-10/h9-10,13H,3-6,8H2,1-2H3. The maximum absolute atomic E-state index is 9.25. The van der Waals surface area contributed by atoms with E-state index < -0.39 is 0 Å². The predicted molar refractivity (Wildman–Crippen MR) is 55.8 cm³/mol. The number of nitrogens with zero attached hydrogens (tertiary/aromatic N) is 2. The molecule has 1 N–H and O–H groups in total.